The number of benzene rings is 1. The summed E-state index contributed by atoms with van der Waals surface area (Å²) in [5, 5.41) is 10.8. The van der Waals surface area contributed by atoms with Gasteiger partial charge in [-0.3, -0.25) is 4.79 Å². The van der Waals surface area contributed by atoms with E-state index in [1.807, 2.05) is 37.3 Å². The third-order valence-electron chi connectivity index (χ3n) is 2.25. The zero-order valence-electron chi connectivity index (χ0n) is 8.79. The van der Waals surface area contributed by atoms with Crippen molar-refractivity contribution >= 4 is 5.91 Å². The van der Waals surface area contributed by atoms with Gasteiger partial charge in [0.1, 0.15) is 6.54 Å². The van der Waals surface area contributed by atoms with Crippen molar-refractivity contribution in [1.29, 1.82) is 5.26 Å². The van der Waals surface area contributed by atoms with Crippen molar-refractivity contribution in [2.24, 2.45) is 0 Å². The lowest BCUT2D eigenvalue weighted by Gasteiger charge is -2.04. The first-order chi connectivity index (χ1) is 7.24. The fourth-order valence-electron chi connectivity index (χ4n) is 1.37. The standard InChI is InChI=1S/C12H14N2O/c1-10-4-2-3-5-11(10)6-7-12(15)14-9-8-13/h2-5H,6-7,9H2,1H3,(H,14,15). The van der Waals surface area contributed by atoms with Gasteiger partial charge in [-0.15, -0.1) is 0 Å². The SMILES string of the molecule is Cc1ccccc1CCC(=O)NCC#N. The van der Waals surface area contributed by atoms with Crippen molar-refractivity contribution < 1.29 is 4.79 Å². The van der Waals surface area contributed by atoms with Crippen LogP contribution in [-0.4, -0.2) is 12.5 Å². The van der Waals surface area contributed by atoms with E-state index in [1.165, 1.54) is 11.1 Å². The second kappa shape index (κ2) is 5.82. The van der Waals surface area contributed by atoms with E-state index in [0.29, 0.717) is 6.42 Å². The van der Waals surface area contributed by atoms with Crippen LogP contribution in [0, 0.1) is 18.3 Å². The Hall–Kier alpha value is -1.82. The number of nitrogens with one attached hydrogen (secondary N) is 1. The van der Waals surface area contributed by atoms with Crippen LogP contribution in [0.5, 0.6) is 0 Å². The molecular weight excluding hydrogens is 188 g/mol. The predicted molar refractivity (Wildman–Crippen MR) is 58.1 cm³/mol. The largest absolute Gasteiger partial charge is 0.343 e. The summed E-state index contributed by atoms with van der Waals surface area (Å²) in [4.78, 5) is 11.2. The van der Waals surface area contributed by atoms with E-state index >= 15 is 0 Å². The molecule has 1 aromatic rings. The van der Waals surface area contributed by atoms with Gasteiger partial charge in [0.05, 0.1) is 6.07 Å². The Morgan fingerprint density at radius 3 is 2.87 bits per heavy atom. The Labute approximate surface area is 89.7 Å². The molecule has 0 aliphatic heterocycles. The molecule has 0 saturated carbocycles. The molecule has 15 heavy (non-hydrogen) atoms. The zero-order valence-corrected chi connectivity index (χ0v) is 8.79. The van der Waals surface area contributed by atoms with Gasteiger partial charge in [0.15, 0.2) is 0 Å². The number of nitriles is 1. The first kappa shape index (κ1) is 11.3. The van der Waals surface area contributed by atoms with Gasteiger partial charge in [-0.2, -0.15) is 5.26 Å². The molecule has 3 nitrogen and oxygen atoms in total. The Kier molecular flexibility index (Phi) is 4.36. The molecule has 0 radical (unpaired) electrons. The van der Waals surface area contributed by atoms with Gasteiger partial charge in [0, 0.05) is 6.42 Å². The van der Waals surface area contributed by atoms with E-state index < -0.39 is 0 Å². The van der Waals surface area contributed by atoms with Crippen molar-refractivity contribution in [2.75, 3.05) is 6.54 Å². The maximum atomic E-state index is 11.2. The van der Waals surface area contributed by atoms with Crippen LogP contribution in [0.1, 0.15) is 17.5 Å². The Balaban J connectivity index is 2.41. The summed E-state index contributed by atoms with van der Waals surface area (Å²) in [7, 11) is 0. The van der Waals surface area contributed by atoms with Crippen LogP contribution in [0.2, 0.25) is 0 Å². The molecule has 0 heterocycles. The number of hydrogen-bond donors (Lipinski definition) is 1. The van der Waals surface area contributed by atoms with Crippen molar-refractivity contribution in [3.8, 4) is 6.07 Å². The lowest BCUT2D eigenvalue weighted by atomic mass is 10.0. The number of hydrogen-bond acceptors (Lipinski definition) is 2. The van der Waals surface area contributed by atoms with E-state index in [9.17, 15) is 4.79 Å². The van der Waals surface area contributed by atoms with Crippen molar-refractivity contribution in [2.45, 2.75) is 19.8 Å². The summed E-state index contributed by atoms with van der Waals surface area (Å²) in [6, 6.07) is 9.88. The number of amides is 1. The van der Waals surface area contributed by atoms with Gasteiger partial charge in [-0.05, 0) is 24.5 Å². The molecule has 0 unspecified atom stereocenters. The normalized spacial score (nSPS) is 9.33. The van der Waals surface area contributed by atoms with Crippen LogP contribution < -0.4 is 5.32 Å². The highest BCUT2D eigenvalue weighted by Gasteiger charge is 2.02. The third kappa shape index (κ3) is 3.82. The smallest absolute Gasteiger partial charge is 0.221 e. The van der Waals surface area contributed by atoms with Crippen LogP contribution in [0.3, 0.4) is 0 Å². The Morgan fingerprint density at radius 1 is 1.47 bits per heavy atom. The van der Waals surface area contributed by atoms with Crippen molar-refractivity contribution in [1.82, 2.24) is 5.32 Å². The second-order valence-corrected chi connectivity index (χ2v) is 3.36. The number of carbonyl (C=O) groups is 1. The Morgan fingerprint density at radius 2 is 2.20 bits per heavy atom. The minimum atomic E-state index is -0.0696. The van der Waals surface area contributed by atoms with Crippen molar-refractivity contribution in [3.63, 3.8) is 0 Å². The molecule has 1 N–H and O–H groups in total. The maximum Gasteiger partial charge on any atom is 0.221 e. The highest BCUT2D eigenvalue weighted by Crippen LogP contribution is 2.09. The highest BCUT2D eigenvalue weighted by atomic mass is 16.1. The average Bonchev–Trinajstić information content (AvgIpc) is 2.25. The number of aryl methyl sites for hydroxylation is 2. The topological polar surface area (TPSA) is 52.9 Å². The quantitative estimate of drug-likeness (QED) is 0.753. The summed E-state index contributed by atoms with van der Waals surface area (Å²) in [5.74, 6) is -0.0696. The predicted octanol–water partition coefficient (Wildman–Crippen LogP) is 1.57. The molecule has 1 amide bonds. The Bertz CT molecular complexity index is 379. The highest BCUT2D eigenvalue weighted by molar-refractivity contribution is 5.76. The molecule has 0 bridgehead atoms. The minimum absolute atomic E-state index is 0.0696. The van der Waals surface area contributed by atoms with Crippen LogP contribution >= 0.6 is 0 Å². The summed E-state index contributed by atoms with van der Waals surface area (Å²) >= 11 is 0. The molecule has 0 fully saturated rings. The van der Waals surface area contributed by atoms with Gasteiger partial charge in [0.2, 0.25) is 5.91 Å². The molecular formula is C12H14N2O. The van der Waals surface area contributed by atoms with Crippen LogP contribution in [-0.2, 0) is 11.2 Å². The van der Waals surface area contributed by atoms with E-state index in [-0.39, 0.29) is 12.5 Å². The molecule has 0 atom stereocenters. The summed E-state index contributed by atoms with van der Waals surface area (Å²) in [5.41, 5.74) is 2.38. The second-order valence-electron chi connectivity index (χ2n) is 3.36. The summed E-state index contributed by atoms with van der Waals surface area (Å²) in [6.07, 6.45) is 1.16. The molecule has 1 rings (SSSR count). The molecule has 0 aromatic heterocycles. The molecule has 0 saturated heterocycles. The first-order valence-corrected chi connectivity index (χ1v) is 4.92. The average molecular weight is 202 g/mol. The van der Waals surface area contributed by atoms with Crippen LogP contribution in [0.15, 0.2) is 24.3 Å². The van der Waals surface area contributed by atoms with Gasteiger partial charge in [0.25, 0.3) is 0 Å². The minimum Gasteiger partial charge on any atom is -0.343 e. The van der Waals surface area contributed by atoms with E-state index in [2.05, 4.69) is 5.32 Å². The van der Waals surface area contributed by atoms with Gasteiger partial charge in [-0.25, -0.2) is 0 Å². The fraction of sp³-hybridized carbons (Fsp3) is 0.333. The van der Waals surface area contributed by atoms with Gasteiger partial charge in [-0.1, -0.05) is 24.3 Å². The molecule has 1 aromatic carbocycles. The first-order valence-electron chi connectivity index (χ1n) is 4.92. The van der Waals surface area contributed by atoms with Gasteiger partial charge < -0.3 is 5.32 Å². The van der Waals surface area contributed by atoms with Crippen molar-refractivity contribution in [3.05, 3.63) is 35.4 Å². The third-order valence-corrected chi connectivity index (χ3v) is 2.25. The van der Waals surface area contributed by atoms with E-state index in [4.69, 9.17) is 5.26 Å². The molecule has 3 heteroatoms. The maximum absolute atomic E-state index is 11.2. The van der Waals surface area contributed by atoms with E-state index in [0.717, 1.165) is 6.42 Å². The molecule has 0 aliphatic carbocycles. The van der Waals surface area contributed by atoms with E-state index in [1.54, 1.807) is 0 Å². The molecule has 0 spiro atoms. The number of nitrogens with zero attached hydrogens (tertiary/aromatic N) is 1. The number of rotatable bonds is 4. The lowest BCUT2D eigenvalue weighted by molar-refractivity contribution is -0.120. The summed E-state index contributed by atoms with van der Waals surface area (Å²) < 4.78 is 0. The zero-order chi connectivity index (χ0) is 11.1. The fourth-order valence-corrected chi connectivity index (χ4v) is 1.37. The van der Waals surface area contributed by atoms with Gasteiger partial charge >= 0.3 is 0 Å². The monoisotopic (exact) mass is 202 g/mol. The number of carbonyl (C=O) groups excluding carboxylic acids is 1. The lowest BCUT2D eigenvalue weighted by Crippen LogP contribution is -2.23. The molecule has 78 valence electrons. The van der Waals surface area contributed by atoms with Crippen LogP contribution in [0.25, 0.3) is 0 Å². The molecule has 0 aliphatic rings. The summed E-state index contributed by atoms with van der Waals surface area (Å²) in [6.45, 7) is 2.12. The van der Waals surface area contributed by atoms with Crippen LogP contribution in [0.4, 0.5) is 0 Å².